The third kappa shape index (κ3) is 8.39. The molecule has 3 N–H and O–H groups in total. The molecule has 1 rings (SSSR count). The molecule has 0 aromatic heterocycles. The zero-order valence-electron chi connectivity index (χ0n) is 10.2. The molecular formula is C11H23IN4O. The summed E-state index contributed by atoms with van der Waals surface area (Å²) in [7, 11) is 0. The van der Waals surface area contributed by atoms with Crippen LogP contribution in [0.4, 0.5) is 0 Å². The molecule has 0 aliphatic carbocycles. The predicted molar refractivity (Wildman–Crippen MR) is 82.0 cm³/mol. The molecule has 0 bridgehead atoms. The van der Waals surface area contributed by atoms with Gasteiger partial charge in [0, 0.05) is 32.7 Å². The fraction of sp³-hybridized carbons (Fsp3) is 0.727. The molecule has 5 nitrogen and oxygen atoms in total. The lowest BCUT2D eigenvalue weighted by atomic mass is 10.3. The van der Waals surface area contributed by atoms with Gasteiger partial charge in [-0.15, -0.1) is 30.6 Å². The highest BCUT2D eigenvalue weighted by atomic mass is 127. The normalized spacial score (nSPS) is 17.3. The van der Waals surface area contributed by atoms with Gasteiger partial charge < -0.3 is 15.8 Å². The third-order valence-electron chi connectivity index (χ3n) is 2.45. The number of nitrogens with zero attached hydrogens (tertiary/aromatic N) is 2. The minimum atomic E-state index is 0. The van der Waals surface area contributed by atoms with Crippen molar-refractivity contribution in [1.29, 1.82) is 0 Å². The highest BCUT2D eigenvalue weighted by Gasteiger charge is 2.08. The van der Waals surface area contributed by atoms with Crippen molar-refractivity contribution in [1.82, 2.24) is 10.2 Å². The zero-order valence-corrected chi connectivity index (χ0v) is 12.6. The smallest absolute Gasteiger partial charge is 0.188 e. The summed E-state index contributed by atoms with van der Waals surface area (Å²) in [6.07, 6.45) is 2.80. The molecule has 17 heavy (non-hydrogen) atoms. The van der Waals surface area contributed by atoms with Crippen LogP contribution in [0.15, 0.2) is 17.6 Å². The number of nitrogens with one attached hydrogen (secondary N) is 1. The van der Waals surface area contributed by atoms with Crippen molar-refractivity contribution in [3.05, 3.63) is 12.7 Å². The first-order valence-electron chi connectivity index (χ1n) is 5.77. The summed E-state index contributed by atoms with van der Waals surface area (Å²) in [6, 6.07) is 0. The molecule has 1 aliphatic heterocycles. The monoisotopic (exact) mass is 354 g/mol. The highest BCUT2D eigenvalue weighted by molar-refractivity contribution is 14.0. The van der Waals surface area contributed by atoms with Gasteiger partial charge in [0.25, 0.3) is 0 Å². The van der Waals surface area contributed by atoms with E-state index in [2.05, 4.69) is 21.8 Å². The molecule has 0 unspecified atom stereocenters. The minimum Gasteiger partial charge on any atom is -0.379 e. The van der Waals surface area contributed by atoms with Crippen molar-refractivity contribution in [2.24, 2.45) is 10.7 Å². The van der Waals surface area contributed by atoms with E-state index in [1.54, 1.807) is 6.08 Å². The van der Waals surface area contributed by atoms with Crippen molar-refractivity contribution < 1.29 is 4.74 Å². The van der Waals surface area contributed by atoms with Gasteiger partial charge in [0.15, 0.2) is 5.96 Å². The van der Waals surface area contributed by atoms with E-state index in [9.17, 15) is 0 Å². The van der Waals surface area contributed by atoms with Crippen LogP contribution in [0.3, 0.4) is 0 Å². The SMILES string of the molecule is C=CCNC(N)=NCCCN1CCOCC1.I. The molecule has 0 aromatic carbocycles. The van der Waals surface area contributed by atoms with E-state index in [4.69, 9.17) is 10.5 Å². The number of halogens is 1. The van der Waals surface area contributed by atoms with Crippen LogP contribution >= 0.6 is 24.0 Å². The Labute approximate surface area is 120 Å². The largest absolute Gasteiger partial charge is 0.379 e. The van der Waals surface area contributed by atoms with Crippen molar-refractivity contribution >= 4 is 29.9 Å². The molecule has 1 fully saturated rings. The number of hydrogen-bond acceptors (Lipinski definition) is 3. The average Bonchev–Trinajstić information content (AvgIpc) is 2.33. The molecule has 6 heteroatoms. The number of aliphatic imine (C=N–C) groups is 1. The van der Waals surface area contributed by atoms with Crippen LogP contribution in [0.5, 0.6) is 0 Å². The van der Waals surface area contributed by atoms with Crippen molar-refractivity contribution in [3.8, 4) is 0 Å². The Morgan fingerprint density at radius 1 is 1.47 bits per heavy atom. The summed E-state index contributed by atoms with van der Waals surface area (Å²) < 4.78 is 5.28. The summed E-state index contributed by atoms with van der Waals surface area (Å²) in [6.45, 7) is 9.88. The zero-order chi connectivity index (χ0) is 11.6. The second-order valence-corrected chi connectivity index (χ2v) is 3.74. The van der Waals surface area contributed by atoms with Crippen molar-refractivity contribution in [3.63, 3.8) is 0 Å². The van der Waals surface area contributed by atoms with E-state index in [0.29, 0.717) is 12.5 Å². The predicted octanol–water partition coefficient (Wildman–Crippen LogP) is 0.417. The van der Waals surface area contributed by atoms with E-state index in [0.717, 1.165) is 45.8 Å². The van der Waals surface area contributed by atoms with Gasteiger partial charge in [-0.05, 0) is 6.42 Å². The Kier molecular flexibility index (Phi) is 10.6. The van der Waals surface area contributed by atoms with Crippen molar-refractivity contribution in [2.45, 2.75) is 6.42 Å². The molecule has 1 aliphatic rings. The number of morpholine rings is 1. The van der Waals surface area contributed by atoms with Gasteiger partial charge in [-0.1, -0.05) is 6.08 Å². The van der Waals surface area contributed by atoms with Crippen LogP contribution in [0.2, 0.25) is 0 Å². The Hall–Kier alpha value is -0.340. The third-order valence-corrected chi connectivity index (χ3v) is 2.45. The van der Waals surface area contributed by atoms with Crippen LogP contribution < -0.4 is 11.1 Å². The molecule has 0 saturated carbocycles. The summed E-state index contributed by atoms with van der Waals surface area (Å²) >= 11 is 0. The lowest BCUT2D eigenvalue weighted by molar-refractivity contribution is 0.0377. The van der Waals surface area contributed by atoms with E-state index in [-0.39, 0.29) is 24.0 Å². The first-order chi connectivity index (χ1) is 7.83. The van der Waals surface area contributed by atoms with Crippen LogP contribution in [-0.2, 0) is 4.74 Å². The van der Waals surface area contributed by atoms with Crippen LogP contribution in [-0.4, -0.2) is 56.8 Å². The molecule has 100 valence electrons. The van der Waals surface area contributed by atoms with E-state index < -0.39 is 0 Å². The fourth-order valence-corrected chi connectivity index (χ4v) is 1.55. The van der Waals surface area contributed by atoms with Crippen LogP contribution in [0.25, 0.3) is 0 Å². The summed E-state index contributed by atoms with van der Waals surface area (Å²) in [4.78, 5) is 6.62. The number of ether oxygens (including phenoxy) is 1. The molecular weight excluding hydrogens is 331 g/mol. The quantitative estimate of drug-likeness (QED) is 0.239. The van der Waals surface area contributed by atoms with Gasteiger partial charge in [0.1, 0.15) is 0 Å². The Bertz CT molecular complexity index is 230. The molecule has 0 atom stereocenters. The van der Waals surface area contributed by atoms with Gasteiger partial charge in [0.2, 0.25) is 0 Å². The van der Waals surface area contributed by atoms with Crippen LogP contribution in [0, 0.1) is 0 Å². The molecule has 0 amide bonds. The number of guanidine groups is 1. The second kappa shape index (κ2) is 10.8. The fourth-order valence-electron chi connectivity index (χ4n) is 1.55. The second-order valence-electron chi connectivity index (χ2n) is 3.74. The van der Waals surface area contributed by atoms with Gasteiger partial charge in [0.05, 0.1) is 13.2 Å². The maximum Gasteiger partial charge on any atom is 0.188 e. The van der Waals surface area contributed by atoms with E-state index in [1.165, 1.54) is 0 Å². The number of nitrogens with two attached hydrogens (primary N) is 1. The average molecular weight is 354 g/mol. The van der Waals surface area contributed by atoms with Gasteiger partial charge in [-0.3, -0.25) is 9.89 Å². The van der Waals surface area contributed by atoms with E-state index in [1.807, 2.05) is 0 Å². The Balaban J connectivity index is 0.00000256. The van der Waals surface area contributed by atoms with Gasteiger partial charge in [-0.25, -0.2) is 0 Å². The summed E-state index contributed by atoms with van der Waals surface area (Å²) in [5.74, 6) is 0.502. The highest BCUT2D eigenvalue weighted by Crippen LogP contribution is 1.97. The lowest BCUT2D eigenvalue weighted by Gasteiger charge is -2.26. The maximum atomic E-state index is 5.64. The minimum absolute atomic E-state index is 0. The standard InChI is InChI=1S/C11H22N4O.HI/c1-2-4-13-11(12)14-5-3-6-15-7-9-16-10-8-15;/h2H,1,3-10H2,(H3,12,13,14);1H. The van der Waals surface area contributed by atoms with Crippen LogP contribution in [0.1, 0.15) is 6.42 Å². The first-order valence-corrected chi connectivity index (χ1v) is 5.77. The van der Waals surface area contributed by atoms with Gasteiger partial charge >= 0.3 is 0 Å². The molecule has 0 radical (unpaired) electrons. The Morgan fingerprint density at radius 3 is 2.82 bits per heavy atom. The summed E-state index contributed by atoms with van der Waals surface area (Å²) in [5, 5.41) is 2.95. The maximum absolute atomic E-state index is 5.64. The molecule has 1 saturated heterocycles. The Morgan fingerprint density at radius 2 is 2.18 bits per heavy atom. The van der Waals surface area contributed by atoms with Gasteiger partial charge in [-0.2, -0.15) is 0 Å². The first kappa shape index (κ1) is 16.7. The molecule has 1 heterocycles. The lowest BCUT2D eigenvalue weighted by Crippen LogP contribution is -2.37. The van der Waals surface area contributed by atoms with E-state index >= 15 is 0 Å². The van der Waals surface area contributed by atoms with Crippen molar-refractivity contribution in [2.75, 3.05) is 45.9 Å². The molecule has 0 spiro atoms. The number of rotatable bonds is 6. The topological polar surface area (TPSA) is 62.9 Å². The summed E-state index contributed by atoms with van der Waals surface area (Å²) in [5.41, 5.74) is 5.64. The number of hydrogen-bond donors (Lipinski definition) is 2. The molecule has 0 aromatic rings.